The van der Waals surface area contributed by atoms with E-state index in [1.165, 1.54) is 0 Å². The van der Waals surface area contributed by atoms with Crippen LogP contribution in [-0.4, -0.2) is 27.7 Å². The van der Waals surface area contributed by atoms with Crippen LogP contribution in [0.5, 0.6) is 0 Å². The van der Waals surface area contributed by atoms with E-state index >= 15 is 0 Å². The van der Waals surface area contributed by atoms with Crippen molar-refractivity contribution in [1.29, 1.82) is 0 Å². The molecule has 0 atom stereocenters. The van der Waals surface area contributed by atoms with Gasteiger partial charge in [0.25, 0.3) is 0 Å². The minimum Gasteiger partial charge on any atom is -0.465 e. The van der Waals surface area contributed by atoms with Crippen LogP contribution in [0.1, 0.15) is 42.3 Å². The Morgan fingerprint density at radius 3 is 2.21 bits per heavy atom. The maximum atomic E-state index is 12.4. The molecule has 0 N–H and O–H groups in total. The summed E-state index contributed by atoms with van der Waals surface area (Å²) in [4.78, 5) is 21.7. The van der Waals surface area contributed by atoms with Gasteiger partial charge in [0.1, 0.15) is 0 Å². The van der Waals surface area contributed by atoms with Crippen molar-refractivity contribution in [2.45, 2.75) is 38.5 Å². The summed E-state index contributed by atoms with van der Waals surface area (Å²) in [6.07, 6.45) is 5.85. The lowest BCUT2D eigenvalue weighted by Gasteiger charge is -2.14. The molecule has 194 valence electrons. The topological polar surface area (TPSA) is 78.1 Å². The smallest absolute Gasteiger partial charge is 0.316 e. The average Bonchev–Trinajstić information content (AvgIpc) is 3.73. The van der Waals surface area contributed by atoms with Crippen molar-refractivity contribution in [2.75, 3.05) is 6.61 Å². The zero-order valence-corrected chi connectivity index (χ0v) is 22.1. The predicted molar refractivity (Wildman–Crippen MR) is 150 cm³/mol. The first kappa shape index (κ1) is 24.7. The maximum Gasteiger partial charge on any atom is 0.316 e. The molecule has 2 aromatic heterocycles. The highest BCUT2D eigenvalue weighted by molar-refractivity contribution is 5.87. The van der Waals surface area contributed by atoms with E-state index in [1.807, 2.05) is 44.2 Å². The fourth-order valence-electron chi connectivity index (χ4n) is 5.05. The van der Waals surface area contributed by atoms with E-state index in [-0.39, 0.29) is 5.97 Å². The predicted octanol–water partition coefficient (Wildman–Crippen LogP) is 6.96. The van der Waals surface area contributed by atoms with E-state index < -0.39 is 5.41 Å². The lowest BCUT2D eigenvalue weighted by molar-refractivity contribution is -0.146. The number of carbonyl (C=O) groups is 1. The zero-order valence-electron chi connectivity index (χ0n) is 22.1. The van der Waals surface area contributed by atoms with Crippen molar-refractivity contribution >= 4 is 5.97 Å². The van der Waals surface area contributed by atoms with Crippen LogP contribution in [0.3, 0.4) is 0 Å². The zero-order chi connectivity index (χ0) is 26.8. The van der Waals surface area contributed by atoms with Gasteiger partial charge >= 0.3 is 5.97 Å². The first-order valence-electron chi connectivity index (χ1n) is 13.3. The summed E-state index contributed by atoms with van der Waals surface area (Å²) in [5.74, 6) is 0.629. The minimum atomic E-state index is -0.454. The van der Waals surface area contributed by atoms with E-state index in [0.717, 1.165) is 69.1 Å². The highest BCUT2D eigenvalue weighted by Crippen LogP contribution is 2.49. The van der Waals surface area contributed by atoms with Crippen LogP contribution in [0.4, 0.5) is 0 Å². The van der Waals surface area contributed by atoms with Gasteiger partial charge in [0.15, 0.2) is 5.76 Å². The number of hydrogen-bond donors (Lipinski definition) is 0. The van der Waals surface area contributed by atoms with Crippen LogP contribution in [0, 0.1) is 6.92 Å². The first-order chi connectivity index (χ1) is 19.1. The quantitative estimate of drug-likeness (QED) is 0.208. The van der Waals surface area contributed by atoms with Crippen molar-refractivity contribution in [1.82, 2.24) is 15.1 Å². The Balaban J connectivity index is 1.22. The van der Waals surface area contributed by atoms with E-state index in [2.05, 4.69) is 58.7 Å². The molecule has 6 heteroatoms. The molecule has 6 nitrogen and oxygen atoms in total. The molecule has 5 aromatic rings. The molecule has 1 aliphatic carbocycles. The number of benzene rings is 3. The number of nitrogens with zero attached hydrogens (tertiary/aromatic N) is 3. The van der Waals surface area contributed by atoms with Crippen LogP contribution in [0.15, 0.2) is 95.8 Å². The molecular weight excluding hydrogens is 486 g/mol. The second-order valence-corrected chi connectivity index (χ2v) is 9.97. The van der Waals surface area contributed by atoms with E-state index in [0.29, 0.717) is 13.0 Å². The first-order valence-corrected chi connectivity index (χ1v) is 13.3. The van der Waals surface area contributed by atoms with Crippen molar-refractivity contribution in [3.63, 3.8) is 0 Å². The van der Waals surface area contributed by atoms with E-state index in [1.54, 1.807) is 12.4 Å². The Hall–Kier alpha value is -4.58. The maximum absolute atomic E-state index is 12.4. The molecule has 1 fully saturated rings. The highest BCUT2D eigenvalue weighted by Gasteiger charge is 2.52. The Bertz CT molecular complexity index is 1600. The van der Waals surface area contributed by atoms with Crippen molar-refractivity contribution < 1.29 is 14.1 Å². The molecule has 39 heavy (non-hydrogen) atoms. The summed E-state index contributed by atoms with van der Waals surface area (Å²) in [5.41, 5.74) is 8.28. The number of hydrogen-bond acceptors (Lipinski definition) is 6. The van der Waals surface area contributed by atoms with Gasteiger partial charge in [-0.2, -0.15) is 0 Å². The Labute approximate surface area is 227 Å². The van der Waals surface area contributed by atoms with Crippen LogP contribution in [0.25, 0.3) is 33.7 Å². The van der Waals surface area contributed by atoms with Crippen molar-refractivity contribution in [3.05, 3.63) is 114 Å². The molecule has 0 bridgehead atoms. The summed E-state index contributed by atoms with van der Waals surface area (Å²) >= 11 is 0. The standard InChI is InChI=1S/C33H29N3O3/c1-3-38-32(37)33(17-18-33)27-15-13-24(14-16-27)23-9-11-26(12-10-23)31-29(22(2)36-39-31)19-28-20-34-21-30(35-28)25-7-5-4-6-8-25/h4-16,20-21H,3,17-19H2,1-2H3. The van der Waals surface area contributed by atoms with Gasteiger partial charge in [0.2, 0.25) is 0 Å². The Morgan fingerprint density at radius 1 is 0.872 bits per heavy atom. The average molecular weight is 516 g/mol. The third-order valence-corrected chi connectivity index (χ3v) is 7.43. The largest absolute Gasteiger partial charge is 0.465 e. The molecular formula is C33H29N3O3. The van der Waals surface area contributed by atoms with Crippen LogP contribution in [-0.2, 0) is 21.4 Å². The molecule has 0 spiro atoms. The number of esters is 1. The fraction of sp³-hybridized carbons (Fsp3) is 0.212. The molecule has 0 unspecified atom stereocenters. The lowest BCUT2D eigenvalue weighted by Crippen LogP contribution is -2.23. The normalized spacial score (nSPS) is 13.7. The second-order valence-electron chi connectivity index (χ2n) is 9.97. The third-order valence-electron chi connectivity index (χ3n) is 7.43. The number of ether oxygens (including phenoxy) is 1. The van der Waals surface area contributed by atoms with Gasteiger partial charge in [-0.05, 0) is 43.4 Å². The van der Waals surface area contributed by atoms with Gasteiger partial charge in [0.05, 0.1) is 35.3 Å². The van der Waals surface area contributed by atoms with Gasteiger partial charge in [-0.1, -0.05) is 84.0 Å². The van der Waals surface area contributed by atoms with Gasteiger partial charge in [0, 0.05) is 29.3 Å². The second kappa shape index (κ2) is 10.3. The highest BCUT2D eigenvalue weighted by atomic mass is 16.5. The van der Waals surface area contributed by atoms with Crippen LogP contribution in [0.2, 0.25) is 0 Å². The van der Waals surface area contributed by atoms with Crippen molar-refractivity contribution in [3.8, 4) is 33.7 Å². The minimum absolute atomic E-state index is 0.113. The van der Waals surface area contributed by atoms with Crippen LogP contribution < -0.4 is 0 Å². The molecule has 3 aromatic carbocycles. The molecule has 0 aliphatic heterocycles. The monoisotopic (exact) mass is 515 g/mol. The third kappa shape index (κ3) is 4.86. The van der Waals surface area contributed by atoms with E-state index in [4.69, 9.17) is 14.2 Å². The van der Waals surface area contributed by atoms with Gasteiger partial charge in [-0.3, -0.25) is 9.78 Å². The summed E-state index contributed by atoms with van der Waals surface area (Å²) in [5, 5.41) is 4.26. The summed E-state index contributed by atoms with van der Waals surface area (Å²) in [7, 11) is 0. The van der Waals surface area contributed by atoms with Gasteiger partial charge in [-0.15, -0.1) is 0 Å². The molecule has 1 saturated carbocycles. The molecule has 6 rings (SSSR count). The number of rotatable bonds is 8. The summed E-state index contributed by atoms with van der Waals surface area (Å²) in [6.45, 7) is 4.21. The molecule has 0 amide bonds. The molecule has 1 aliphatic rings. The fourth-order valence-corrected chi connectivity index (χ4v) is 5.05. The van der Waals surface area contributed by atoms with Crippen molar-refractivity contribution in [2.24, 2.45) is 0 Å². The Kier molecular flexibility index (Phi) is 6.53. The summed E-state index contributed by atoms with van der Waals surface area (Å²) < 4.78 is 11.1. The van der Waals surface area contributed by atoms with Gasteiger partial charge < -0.3 is 9.26 Å². The Morgan fingerprint density at radius 2 is 1.54 bits per heavy atom. The molecule has 0 radical (unpaired) electrons. The molecule has 0 saturated heterocycles. The van der Waals surface area contributed by atoms with Crippen LogP contribution >= 0.6 is 0 Å². The van der Waals surface area contributed by atoms with E-state index in [9.17, 15) is 4.79 Å². The summed E-state index contributed by atoms with van der Waals surface area (Å²) in [6, 6.07) is 26.6. The number of carbonyl (C=O) groups excluding carboxylic acids is 1. The number of aromatic nitrogens is 3. The SMILES string of the molecule is CCOC(=O)C1(c2ccc(-c3ccc(-c4onc(C)c4Cc4cncc(-c5ccccc5)n4)cc3)cc2)CC1. The molecule has 2 heterocycles. The lowest BCUT2D eigenvalue weighted by atomic mass is 9.93. The number of aryl methyl sites for hydroxylation is 1. The van der Waals surface area contributed by atoms with Gasteiger partial charge in [-0.25, -0.2) is 4.98 Å².